The number of amides is 8. The summed E-state index contributed by atoms with van der Waals surface area (Å²) in [5.74, 6) is -10.4. The van der Waals surface area contributed by atoms with Crippen LogP contribution < -0.4 is 48.1 Å². The fraction of sp³-hybridized carbons (Fsp3) is 0.542. The third-order valence-corrected chi connectivity index (χ3v) is 12.4. The van der Waals surface area contributed by atoms with Crippen molar-refractivity contribution >= 4 is 59.2 Å². The number of esters is 1. The summed E-state index contributed by atoms with van der Waals surface area (Å²) in [5, 5.41) is 45.4. The first-order valence-corrected chi connectivity index (χ1v) is 23.6. The molecule has 2 aromatic rings. The van der Waals surface area contributed by atoms with Gasteiger partial charge in [0, 0.05) is 25.8 Å². The molecule has 13 N–H and O–H groups in total. The fourth-order valence-corrected chi connectivity index (χ4v) is 8.03. The van der Waals surface area contributed by atoms with E-state index in [1.807, 2.05) is 0 Å². The number of fused-ring (bicyclic) bond motifs is 23. The second kappa shape index (κ2) is 26.2. The van der Waals surface area contributed by atoms with Gasteiger partial charge in [0.15, 0.2) is 0 Å². The highest BCUT2D eigenvalue weighted by atomic mass is 16.5. The van der Waals surface area contributed by atoms with Crippen LogP contribution in [0.25, 0.3) is 0 Å². The molecule has 0 aromatic heterocycles. The summed E-state index contributed by atoms with van der Waals surface area (Å²) in [7, 11) is 0. The number of aliphatic carboxylic acids is 1. The number of aliphatic hydroxyl groups is 1. The molecule has 2 aromatic carbocycles. The Bertz CT molecular complexity index is 2260. The van der Waals surface area contributed by atoms with Gasteiger partial charge in [-0.25, -0.2) is 4.79 Å². The summed E-state index contributed by atoms with van der Waals surface area (Å²) < 4.78 is 5.69. The maximum atomic E-state index is 14.3. The van der Waals surface area contributed by atoms with Crippen LogP contribution in [0.5, 0.6) is 11.5 Å². The number of carbonyl (C=O) groups is 10. The Morgan fingerprint density at radius 1 is 0.718 bits per heavy atom. The SMILES string of the molecule is CC[C@H](C)[C@@H]1NC(=O)[C@@H](Cc2ccc(O)cc2)NC(=O)[C@H](CCC(N)=O)NC(=O)[C@@H]2CCCN2C(=O)[C@@H](C(C)C)NC(=O)[C@H](CCC(=O)O)NC(=O)[C@@H]([C@H](C)O)NC(=O)[C@@H](N)Cc2ccc(cc2)OC1=O. The highest BCUT2D eigenvalue weighted by Gasteiger charge is 2.42. The van der Waals surface area contributed by atoms with Crippen molar-refractivity contribution in [1.82, 2.24) is 36.8 Å². The Hall–Kier alpha value is -7.14. The number of phenols is 1. The molecule has 0 aliphatic carbocycles. The minimum atomic E-state index is -1.69. The zero-order chi connectivity index (χ0) is 52.7. The summed E-state index contributed by atoms with van der Waals surface area (Å²) in [6.45, 7) is 7.92. The minimum Gasteiger partial charge on any atom is -0.508 e. The first kappa shape index (κ1) is 56.4. The smallest absolute Gasteiger partial charge is 0.334 e. The quantitative estimate of drug-likeness (QED) is 0.0658. The molecule has 71 heavy (non-hydrogen) atoms. The summed E-state index contributed by atoms with van der Waals surface area (Å²) in [5.41, 5.74) is 12.7. The van der Waals surface area contributed by atoms with E-state index in [1.165, 1.54) is 60.4 Å². The minimum absolute atomic E-state index is 0.0323. The Balaban J connectivity index is 1.78. The Labute approximate surface area is 410 Å². The van der Waals surface area contributed by atoms with Crippen LogP contribution in [0, 0.1) is 11.8 Å². The number of aliphatic hydroxyl groups excluding tert-OH is 1. The first-order valence-electron chi connectivity index (χ1n) is 23.6. The van der Waals surface area contributed by atoms with Crippen LogP contribution in [0.3, 0.4) is 0 Å². The number of carboxylic acids is 1. The average Bonchev–Trinajstić information content (AvgIpc) is 3.82. The predicted octanol–water partition coefficient (Wildman–Crippen LogP) is -1.46. The maximum Gasteiger partial charge on any atom is 0.334 e. The van der Waals surface area contributed by atoms with E-state index < -0.39 is 138 Å². The number of phenolic OH excluding ortho intramolecular Hbond substituents is 1. The molecule has 2 bridgehead atoms. The van der Waals surface area contributed by atoms with Gasteiger partial charge in [-0.2, -0.15) is 0 Å². The standard InChI is InChI=1S/C48H67N9O14/c1-6-25(4)39-48(70)71-30-15-11-27(12-16-30)22-31(49)41(63)56-40(26(5)58)46(68)52-33(18-20-37(61)62)43(65)54-38(24(2)3)47(69)57-21-7-8-35(57)45(67)51-32(17-19-36(50)60)42(64)53-34(44(66)55-39)23-28-9-13-29(59)14-10-28/h9-16,24-26,31-35,38-40,58-59H,6-8,17-23,49H2,1-5H3,(H2,50,60)(H,51,67)(H,52,68)(H,53,64)(H,54,65)(H,55,66)(H,56,63)(H,61,62)/t25-,26-,31-,32-,33-,34+,35-,38+,39-,40+/m0/s1. The van der Waals surface area contributed by atoms with Gasteiger partial charge in [0.05, 0.1) is 12.1 Å². The molecule has 0 saturated carbocycles. The summed E-state index contributed by atoms with van der Waals surface area (Å²) in [4.78, 5) is 137. The summed E-state index contributed by atoms with van der Waals surface area (Å²) in [6.07, 6.45) is -2.83. The molecule has 0 radical (unpaired) electrons. The number of carboxylic acid groups (broad SMARTS) is 1. The third kappa shape index (κ3) is 16.5. The van der Waals surface area contributed by atoms with Crippen LogP contribution in [-0.4, -0.2) is 140 Å². The van der Waals surface area contributed by atoms with Crippen LogP contribution in [0.15, 0.2) is 48.5 Å². The van der Waals surface area contributed by atoms with Gasteiger partial charge in [-0.3, -0.25) is 43.2 Å². The number of hydrogen-bond acceptors (Lipinski definition) is 14. The van der Waals surface area contributed by atoms with E-state index in [0.29, 0.717) is 24.0 Å². The number of primary amides is 1. The second-order valence-corrected chi connectivity index (χ2v) is 18.4. The lowest BCUT2D eigenvalue weighted by Crippen LogP contribution is -2.61. The molecule has 3 heterocycles. The number of hydrogen-bond donors (Lipinski definition) is 11. The molecular formula is C48H67N9O14. The molecule has 1 saturated heterocycles. The van der Waals surface area contributed by atoms with Gasteiger partial charge in [-0.1, -0.05) is 58.4 Å². The normalized spacial score (nSPS) is 25.7. The van der Waals surface area contributed by atoms with Crippen molar-refractivity contribution in [2.45, 2.75) is 147 Å². The monoisotopic (exact) mass is 993 g/mol. The zero-order valence-corrected chi connectivity index (χ0v) is 40.5. The molecule has 1 fully saturated rings. The van der Waals surface area contributed by atoms with Crippen LogP contribution in [-0.2, 0) is 60.8 Å². The van der Waals surface area contributed by atoms with Crippen LogP contribution in [0.1, 0.15) is 90.7 Å². The molecular weight excluding hydrogens is 927 g/mol. The molecule has 0 unspecified atom stereocenters. The van der Waals surface area contributed by atoms with E-state index in [-0.39, 0.29) is 50.1 Å². The van der Waals surface area contributed by atoms with Gasteiger partial charge in [0.1, 0.15) is 53.8 Å². The number of aromatic hydroxyl groups is 1. The van der Waals surface area contributed by atoms with E-state index in [1.54, 1.807) is 27.7 Å². The fourth-order valence-electron chi connectivity index (χ4n) is 8.03. The van der Waals surface area contributed by atoms with Gasteiger partial charge < -0.3 is 68.3 Å². The van der Waals surface area contributed by atoms with Crippen LogP contribution in [0.2, 0.25) is 0 Å². The molecule has 23 heteroatoms. The van der Waals surface area contributed by atoms with Gasteiger partial charge in [0.2, 0.25) is 47.3 Å². The average molecular weight is 994 g/mol. The molecule has 8 amide bonds. The van der Waals surface area contributed by atoms with Gasteiger partial charge in [0.25, 0.3) is 0 Å². The van der Waals surface area contributed by atoms with Crippen LogP contribution >= 0.6 is 0 Å². The van der Waals surface area contributed by atoms with Crippen molar-refractivity contribution < 1.29 is 68.0 Å². The Morgan fingerprint density at radius 2 is 1.27 bits per heavy atom. The van der Waals surface area contributed by atoms with E-state index >= 15 is 0 Å². The van der Waals surface area contributed by atoms with E-state index in [9.17, 15) is 63.3 Å². The van der Waals surface area contributed by atoms with Gasteiger partial charge in [-0.15, -0.1) is 0 Å². The molecule has 10 atom stereocenters. The third-order valence-electron chi connectivity index (χ3n) is 12.4. The molecule has 3 aliphatic rings. The summed E-state index contributed by atoms with van der Waals surface area (Å²) in [6, 6.07) is 0.338. The highest BCUT2D eigenvalue weighted by Crippen LogP contribution is 2.22. The molecule has 0 spiro atoms. The topological polar surface area (TPSA) is 368 Å². The first-order chi connectivity index (χ1) is 33.5. The largest absolute Gasteiger partial charge is 0.508 e. The molecule has 5 rings (SSSR count). The Kier molecular flexibility index (Phi) is 20.8. The lowest BCUT2D eigenvalue weighted by atomic mass is 9.97. The zero-order valence-electron chi connectivity index (χ0n) is 40.5. The van der Waals surface area contributed by atoms with Crippen LogP contribution in [0.4, 0.5) is 0 Å². The van der Waals surface area contributed by atoms with E-state index in [2.05, 4.69) is 31.9 Å². The van der Waals surface area contributed by atoms with Gasteiger partial charge in [-0.05, 0) is 86.3 Å². The summed E-state index contributed by atoms with van der Waals surface area (Å²) >= 11 is 0. The number of carbonyl (C=O) groups excluding carboxylic acids is 9. The van der Waals surface area contributed by atoms with Crippen molar-refractivity contribution in [3.63, 3.8) is 0 Å². The van der Waals surface area contributed by atoms with Crippen molar-refractivity contribution in [2.75, 3.05) is 6.54 Å². The van der Waals surface area contributed by atoms with E-state index in [0.717, 1.165) is 0 Å². The van der Waals surface area contributed by atoms with Crippen molar-refractivity contribution in [3.05, 3.63) is 59.7 Å². The predicted molar refractivity (Wildman–Crippen MR) is 253 cm³/mol. The number of ether oxygens (including phenoxy) is 1. The van der Waals surface area contributed by atoms with Crippen molar-refractivity contribution in [1.29, 1.82) is 0 Å². The number of rotatable bonds is 12. The number of benzene rings is 2. The lowest BCUT2D eigenvalue weighted by molar-refractivity contribution is -0.144. The van der Waals surface area contributed by atoms with Crippen molar-refractivity contribution in [2.24, 2.45) is 23.3 Å². The molecule has 3 aliphatic heterocycles. The number of nitrogens with one attached hydrogen (secondary N) is 6. The number of nitrogens with zero attached hydrogens (tertiary/aromatic N) is 1. The van der Waals surface area contributed by atoms with E-state index in [4.69, 9.17) is 16.2 Å². The van der Waals surface area contributed by atoms with Gasteiger partial charge >= 0.3 is 11.9 Å². The maximum absolute atomic E-state index is 14.3. The molecule has 388 valence electrons. The Morgan fingerprint density at radius 3 is 1.85 bits per heavy atom. The number of nitrogens with two attached hydrogens (primary N) is 2. The highest BCUT2D eigenvalue weighted by molar-refractivity contribution is 5.98. The molecule has 23 nitrogen and oxygen atoms in total. The lowest BCUT2D eigenvalue weighted by Gasteiger charge is -2.32. The van der Waals surface area contributed by atoms with Crippen molar-refractivity contribution in [3.8, 4) is 11.5 Å². The second-order valence-electron chi connectivity index (χ2n) is 18.4.